The van der Waals surface area contributed by atoms with Gasteiger partial charge in [-0.3, -0.25) is 4.79 Å². The summed E-state index contributed by atoms with van der Waals surface area (Å²) < 4.78 is 12.8. The van der Waals surface area contributed by atoms with Crippen molar-refractivity contribution in [1.82, 2.24) is 4.90 Å². The van der Waals surface area contributed by atoms with Crippen LogP contribution in [0.2, 0.25) is 0 Å². The van der Waals surface area contributed by atoms with Crippen molar-refractivity contribution in [2.45, 2.75) is 26.3 Å². The zero-order valence-corrected chi connectivity index (χ0v) is 10.5. The van der Waals surface area contributed by atoms with Crippen molar-refractivity contribution in [1.29, 1.82) is 0 Å². The molecule has 1 amide bonds. The predicted octanol–water partition coefficient (Wildman–Crippen LogP) is 3.00. The molecule has 17 heavy (non-hydrogen) atoms. The van der Waals surface area contributed by atoms with Gasteiger partial charge >= 0.3 is 0 Å². The van der Waals surface area contributed by atoms with Crippen LogP contribution in [-0.2, 0) is 4.79 Å². The van der Waals surface area contributed by atoms with Crippen LogP contribution in [0.4, 0.5) is 4.39 Å². The largest absolute Gasteiger partial charge is 0.339 e. The first-order valence-electron chi connectivity index (χ1n) is 6.03. The molecule has 1 aliphatic carbocycles. The van der Waals surface area contributed by atoms with Gasteiger partial charge in [-0.1, -0.05) is 19.1 Å². The molecule has 1 fully saturated rings. The Bertz CT molecular complexity index is 415. The third-order valence-corrected chi connectivity index (χ3v) is 3.71. The van der Waals surface area contributed by atoms with E-state index in [4.69, 9.17) is 0 Å². The lowest BCUT2D eigenvalue weighted by molar-refractivity contribution is -0.133. The van der Waals surface area contributed by atoms with Crippen molar-refractivity contribution in [3.8, 4) is 0 Å². The van der Waals surface area contributed by atoms with Crippen molar-refractivity contribution < 1.29 is 9.18 Å². The Morgan fingerprint density at radius 1 is 1.41 bits per heavy atom. The van der Waals surface area contributed by atoms with E-state index in [0.717, 1.165) is 12.0 Å². The van der Waals surface area contributed by atoms with Gasteiger partial charge in [-0.25, -0.2) is 4.39 Å². The second-order valence-electron chi connectivity index (χ2n) is 5.00. The molecular weight excluding hydrogens is 217 g/mol. The molecule has 2 rings (SSSR count). The lowest BCUT2D eigenvalue weighted by Crippen LogP contribution is -2.31. The van der Waals surface area contributed by atoms with Crippen molar-refractivity contribution in [2.75, 3.05) is 7.05 Å². The van der Waals surface area contributed by atoms with E-state index in [9.17, 15) is 9.18 Å². The number of hydrogen-bond acceptors (Lipinski definition) is 1. The molecule has 0 radical (unpaired) electrons. The zero-order valence-electron chi connectivity index (χ0n) is 10.5. The summed E-state index contributed by atoms with van der Waals surface area (Å²) in [5, 5.41) is 0. The van der Waals surface area contributed by atoms with E-state index in [1.54, 1.807) is 17.0 Å². The molecule has 0 heterocycles. The maximum Gasteiger partial charge on any atom is 0.226 e. The number of carbonyl (C=O) groups excluding carboxylic acids is 1. The maximum atomic E-state index is 12.8. The average Bonchev–Trinajstić information content (AvgIpc) is 3.04. The molecule has 1 aromatic rings. The Hall–Kier alpha value is -1.38. The number of nitrogens with zero attached hydrogens (tertiary/aromatic N) is 1. The molecule has 0 unspecified atom stereocenters. The first-order chi connectivity index (χ1) is 8.00. The van der Waals surface area contributed by atoms with Gasteiger partial charge in [-0.2, -0.15) is 0 Å². The highest BCUT2D eigenvalue weighted by Crippen LogP contribution is 2.40. The molecule has 1 saturated carbocycles. The van der Waals surface area contributed by atoms with E-state index in [1.807, 2.05) is 14.0 Å². The smallest absolute Gasteiger partial charge is 0.226 e. The lowest BCUT2D eigenvalue weighted by atomic mass is 10.1. The standard InChI is InChI=1S/C14H18FNO/c1-9-8-13(9)14(17)16(3)10(2)11-4-6-12(15)7-5-11/h4-7,9-10,13H,8H2,1-3H3/t9-,10+,13-/m1/s1. The summed E-state index contributed by atoms with van der Waals surface area (Å²) in [6.07, 6.45) is 0.999. The number of carbonyl (C=O) groups is 1. The van der Waals surface area contributed by atoms with Crippen LogP contribution in [-0.4, -0.2) is 17.9 Å². The lowest BCUT2D eigenvalue weighted by Gasteiger charge is -2.25. The molecular formula is C14H18FNO. The van der Waals surface area contributed by atoms with E-state index in [2.05, 4.69) is 6.92 Å². The van der Waals surface area contributed by atoms with Crippen LogP contribution in [0.3, 0.4) is 0 Å². The highest BCUT2D eigenvalue weighted by Gasteiger charge is 2.41. The van der Waals surface area contributed by atoms with Gasteiger partial charge in [0.15, 0.2) is 0 Å². The van der Waals surface area contributed by atoms with Crippen molar-refractivity contribution in [3.63, 3.8) is 0 Å². The fourth-order valence-electron chi connectivity index (χ4n) is 2.08. The van der Waals surface area contributed by atoms with Crippen molar-refractivity contribution in [2.24, 2.45) is 11.8 Å². The van der Waals surface area contributed by atoms with Gasteiger partial charge in [0.05, 0.1) is 6.04 Å². The highest BCUT2D eigenvalue weighted by atomic mass is 19.1. The topological polar surface area (TPSA) is 20.3 Å². The highest BCUT2D eigenvalue weighted by molar-refractivity contribution is 5.81. The molecule has 3 heteroatoms. The monoisotopic (exact) mass is 235 g/mol. The van der Waals surface area contributed by atoms with Crippen LogP contribution in [0.15, 0.2) is 24.3 Å². The Morgan fingerprint density at radius 2 is 1.94 bits per heavy atom. The van der Waals surface area contributed by atoms with Crippen LogP contribution >= 0.6 is 0 Å². The Morgan fingerprint density at radius 3 is 2.41 bits per heavy atom. The minimum absolute atomic E-state index is 0.00380. The Balaban J connectivity index is 2.06. The number of halogens is 1. The molecule has 0 bridgehead atoms. The average molecular weight is 235 g/mol. The van der Waals surface area contributed by atoms with E-state index in [-0.39, 0.29) is 23.7 Å². The maximum absolute atomic E-state index is 12.8. The van der Waals surface area contributed by atoms with Gasteiger partial charge in [0.2, 0.25) is 5.91 Å². The van der Waals surface area contributed by atoms with E-state index >= 15 is 0 Å². The second-order valence-corrected chi connectivity index (χ2v) is 5.00. The summed E-state index contributed by atoms with van der Waals surface area (Å²) in [5.74, 6) is 0.674. The molecule has 0 aliphatic heterocycles. The summed E-state index contributed by atoms with van der Waals surface area (Å²) in [5.41, 5.74) is 0.968. The van der Waals surface area contributed by atoms with Gasteiger partial charge in [0.1, 0.15) is 5.82 Å². The van der Waals surface area contributed by atoms with E-state index in [0.29, 0.717) is 5.92 Å². The van der Waals surface area contributed by atoms with Crippen LogP contribution in [0.5, 0.6) is 0 Å². The number of benzene rings is 1. The van der Waals surface area contributed by atoms with Gasteiger partial charge < -0.3 is 4.90 Å². The third-order valence-electron chi connectivity index (χ3n) is 3.71. The number of hydrogen-bond donors (Lipinski definition) is 0. The SMILES string of the molecule is C[C@@H]1C[C@H]1C(=O)N(C)[C@@H](C)c1ccc(F)cc1. The summed E-state index contributed by atoms with van der Waals surface area (Å²) >= 11 is 0. The van der Waals surface area contributed by atoms with E-state index in [1.165, 1.54) is 12.1 Å². The summed E-state index contributed by atoms with van der Waals surface area (Å²) in [6, 6.07) is 6.34. The Labute approximate surface area is 101 Å². The molecule has 0 spiro atoms. The van der Waals surface area contributed by atoms with E-state index < -0.39 is 0 Å². The van der Waals surface area contributed by atoms with Crippen molar-refractivity contribution in [3.05, 3.63) is 35.6 Å². The summed E-state index contributed by atoms with van der Waals surface area (Å²) in [6.45, 7) is 4.07. The third kappa shape index (κ3) is 2.48. The molecule has 92 valence electrons. The van der Waals surface area contributed by atoms with Crippen molar-refractivity contribution >= 4 is 5.91 Å². The van der Waals surface area contributed by atoms with Gasteiger partial charge in [-0.05, 0) is 37.0 Å². The van der Waals surface area contributed by atoms with Crippen LogP contribution in [0.1, 0.15) is 31.9 Å². The summed E-state index contributed by atoms with van der Waals surface area (Å²) in [4.78, 5) is 13.8. The molecule has 1 aliphatic rings. The number of amides is 1. The van der Waals surface area contributed by atoms with Gasteiger partial charge in [0, 0.05) is 13.0 Å². The summed E-state index contributed by atoms with van der Waals surface area (Å²) in [7, 11) is 1.82. The molecule has 0 N–H and O–H groups in total. The molecule has 0 saturated heterocycles. The first kappa shape index (κ1) is 12.1. The van der Waals surface area contributed by atoms with Crippen LogP contribution < -0.4 is 0 Å². The molecule has 0 aromatic heterocycles. The zero-order chi connectivity index (χ0) is 12.6. The Kier molecular flexibility index (Phi) is 3.18. The number of rotatable bonds is 3. The van der Waals surface area contributed by atoms with Crippen LogP contribution in [0.25, 0.3) is 0 Å². The fourth-order valence-corrected chi connectivity index (χ4v) is 2.08. The van der Waals surface area contributed by atoms with Gasteiger partial charge in [0.25, 0.3) is 0 Å². The molecule has 3 atom stereocenters. The quantitative estimate of drug-likeness (QED) is 0.788. The van der Waals surface area contributed by atoms with Gasteiger partial charge in [-0.15, -0.1) is 0 Å². The second kappa shape index (κ2) is 4.47. The fraction of sp³-hybridized carbons (Fsp3) is 0.500. The normalized spacial score (nSPS) is 24.2. The molecule has 1 aromatic carbocycles. The first-order valence-corrected chi connectivity index (χ1v) is 6.03. The molecule has 2 nitrogen and oxygen atoms in total. The minimum Gasteiger partial charge on any atom is -0.339 e. The minimum atomic E-state index is -0.245. The van der Waals surface area contributed by atoms with Crippen LogP contribution in [0, 0.1) is 17.7 Å². The predicted molar refractivity (Wildman–Crippen MR) is 64.9 cm³/mol.